The first-order valence-electron chi connectivity index (χ1n) is 7.38. The molecule has 0 aliphatic rings. The summed E-state index contributed by atoms with van der Waals surface area (Å²) in [5.41, 5.74) is 4.01. The van der Waals surface area contributed by atoms with Crippen molar-refractivity contribution in [1.82, 2.24) is 5.43 Å². The molecule has 1 aromatic carbocycles. The van der Waals surface area contributed by atoms with Crippen molar-refractivity contribution < 1.29 is 9.90 Å². The van der Waals surface area contributed by atoms with Crippen LogP contribution in [-0.4, -0.2) is 16.8 Å². The predicted molar refractivity (Wildman–Crippen MR) is 96.3 cm³/mol. The van der Waals surface area contributed by atoms with E-state index in [1.165, 1.54) is 0 Å². The average molecular weight is 327 g/mol. The zero-order valence-electron chi connectivity index (χ0n) is 14.5. The van der Waals surface area contributed by atoms with Crippen LogP contribution >= 0.6 is 12.6 Å². The smallest absolute Gasteiger partial charge is 0.234 e. The van der Waals surface area contributed by atoms with Crippen LogP contribution in [0.15, 0.2) is 18.2 Å². The van der Waals surface area contributed by atoms with Gasteiger partial charge < -0.3 is 5.11 Å². The molecule has 0 aromatic heterocycles. The third-order valence-corrected chi connectivity index (χ3v) is 3.38. The first-order chi connectivity index (χ1) is 9.95. The number of nitrogens with one attached hydrogen (secondary N) is 1. The zero-order chi connectivity index (χ0) is 17.6. The molecule has 1 amide bonds. The molecule has 22 heavy (non-hydrogen) atoms. The van der Waals surface area contributed by atoms with Crippen LogP contribution in [-0.2, 0) is 15.6 Å². The van der Waals surface area contributed by atoms with E-state index in [9.17, 15) is 9.90 Å². The number of phenols is 1. The van der Waals surface area contributed by atoms with Crippen LogP contribution in [0.5, 0.6) is 5.75 Å². The van der Waals surface area contributed by atoms with Gasteiger partial charge in [0, 0.05) is 6.42 Å². The van der Waals surface area contributed by atoms with Gasteiger partial charge in [-0.2, -0.15) is 12.6 Å². The first-order valence-corrected chi connectivity index (χ1v) is 8.01. The Balaban J connectivity index is 0.000000534. The number of para-hydroxylation sites is 1. The van der Waals surface area contributed by atoms with E-state index in [2.05, 4.69) is 54.2 Å². The van der Waals surface area contributed by atoms with Gasteiger partial charge in [0.25, 0.3) is 0 Å². The lowest BCUT2D eigenvalue weighted by Gasteiger charge is -2.26. The molecule has 0 spiro atoms. The zero-order valence-corrected chi connectivity index (χ0v) is 15.4. The quantitative estimate of drug-likeness (QED) is 0.292. The number of rotatable bonds is 2. The topological polar surface area (TPSA) is 75.3 Å². The minimum atomic E-state index is -0.171. The van der Waals surface area contributed by atoms with Crippen molar-refractivity contribution in [3.8, 4) is 5.75 Å². The number of hydrazine groups is 1. The first kappa shape index (κ1) is 20.8. The van der Waals surface area contributed by atoms with Crippen molar-refractivity contribution in [3.05, 3.63) is 29.3 Å². The minimum Gasteiger partial charge on any atom is -0.507 e. The van der Waals surface area contributed by atoms with Gasteiger partial charge in [-0.3, -0.25) is 10.2 Å². The maximum atomic E-state index is 10.3. The summed E-state index contributed by atoms with van der Waals surface area (Å²) in [5.74, 6) is 5.55. The Morgan fingerprint density at radius 1 is 1.14 bits per heavy atom. The molecule has 5 heteroatoms. The van der Waals surface area contributed by atoms with Gasteiger partial charge in [0.2, 0.25) is 5.91 Å². The lowest BCUT2D eigenvalue weighted by Crippen LogP contribution is -2.29. The van der Waals surface area contributed by atoms with Gasteiger partial charge in [-0.1, -0.05) is 59.7 Å². The number of amides is 1. The van der Waals surface area contributed by atoms with Gasteiger partial charge in [0.05, 0.1) is 0 Å². The van der Waals surface area contributed by atoms with E-state index in [4.69, 9.17) is 5.84 Å². The number of hydrogen-bond donors (Lipinski definition) is 4. The SMILES string of the molecule is CC(C)(C)c1cccc(C(C)(C)C)c1O.NNC(=O)CCS. The van der Waals surface area contributed by atoms with Crippen LogP contribution in [0, 0.1) is 0 Å². The van der Waals surface area contributed by atoms with Gasteiger partial charge in [0.15, 0.2) is 0 Å². The molecular weight excluding hydrogens is 296 g/mol. The van der Waals surface area contributed by atoms with Crippen LogP contribution in [0.3, 0.4) is 0 Å². The largest absolute Gasteiger partial charge is 0.507 e. The number of thiol groups is 1. The van der Waals surface area contributed by atoms with Gasteiger partial charge in [0.1, 0.15) is 5.75 Å². The number of phenolic OH excluding ortho intramolecular Hbond substituents is 1. The molecule has 1 rings (SSSR count). The highest BCUT2D eigenvalue weighted by Gasteiger charge is 2.24. The Kier molecular flexibility index (Phi) is 7.98. The van der Waals surface area contributed by atoms with E-state index in [-0.39, 0.29) is 16.7 Å². The summed E-state index contributed by atoms with van der Waals surface area (Å²) >= 11 is 3.80. The molecular formula is C17H30N2O2S. The number of aromatic hydroxyl groups is 1. The van der Waals surface area contributed by atoms with Gasteiger partial charge in [-0.15, -0.1) is 0 Å². The Labute approximate surface area is 139 Å². The Bertz CT molecular complexity index is 456. The summed E-state index contributed by atoms with van der Waals surface area (Å²) in [4.78, 5) is 10.1. The highest BCUT2D eigenvalue weighted by molar-refractivity contribution is 7.80. The molecule has 4 N–H and O–H groups in total. The number of benzene rings is 1. The fourth-order valence-electron chi connectivity index (χ4n) is 1.93. The average Bonchev–Trinajstić information content (AvgIpc) is 2.37. The number of carbonyl (C=O) groups is 1. The fraction of sp³-hybridized carbons (Fsp3) is 0.588. The van der Waals surface area contributed by atoms with Crippen molar-refractivity contribution in [2.24, 2.45) is 5.84 Å². The third kappa shape index (κ3) is 6.71. The number of carbonyl (C=O) groups excluding carboxylic acids is 1. The van der Waals surface area contributed by atoms with E-state index < -0.39 is 0 Å². The van der Waals surface area contributed by atoms with Crippen LogP contribution < -0.4 is 11.3 Å². The summed E-state index contributed by atoms with van der Waals surface area (Å²) in [6.07, 6.45) is 0.389. The van der Waals surface area contributed by atoms with Crippen LogP contribution in [0.25, 0.3) is 0 Å². The maximum absolute atomic E-state index is 10.3. The van der Waals surface area contributed by atoms with Crippen molar-refractivity contribution in [2.45, 2.75) is 58.8 Å². The molecule has 0 saturated heterocycles. The lowest BCUT2D eigenvalue weighted by molar-refractivity contribution is -0.120. The summed E-state index contributed by atoms with van der Waals surface area (Å²) in [6, 6.07) is 6.04. The second-order valence-electron chi connectivity index (χ2n) is 7.24. The van der Waals surface area contributed by atoms with Gasteiger partial charge in [-0.05, 0) is 27.7 Å². The summed E-state index contributed by atoms with van der Waals surface area (Å²) in [5, 5.41) is 10.3. The molecule has 0 atom stereocenters. The molecule has 0 aliphatic carbocycles. The number of nitrogens with two attached hydrogens (primary N) is 1. The standard InChI is InChI=1S/C14H22O.C3H8N2OS/c1-13(2,3)10-8-7-9-11(12(10)15)14(4,5)6;4-5-3(6)1-2-7/h7-9,15H,1-6H3;7H,1-2,4H2,(H,5,6). The monoisotopic (exact) mass is 326 g/mol. The van der Waals surface area contributed by atoms with E-state index in [1.807, 2.05) is 23.6 Å². The second-order valence-corrected chi connectivity index (χ2v) is 7.69. The fourth-order valence-corrected chi connectivity index (χ4v) is 2.13. The minimum absolute atomic E-state index is 0.00859. The molecule has 0 unspecified atom stereocenters. The summed E-state index contributed by atoms with van der Waals surface area (Å²) in [7, 11) is 0. The summed E-state index contributed by atoms with van der Waals surface area (Å²) < 4.78 is 0. The molecule has 0 heterocycles. The maximum Gasteiger partial charge on any atom is 0.234 e. The van der Waals surface area contributed by atoms with E-state index >= 15 is 0 Å². The summed E-state index contributed by atoms with van der Waals surface area (Å²) in [6.45, 7) is 12.7. The molecule has 1 aromatic rings. The molecule has 126 valence electrons. The van der Waals surface area contributed by atoms with Crippen LogP contribution in [0.1, 0.15) is 59.1 Å². The molecule has 0 saturated carbocycles. The van der Waals surface area contributed by atoms with E-state index in [0.29, 0.717) is 17.9 Å². The third-order valence-electron chi connectivity index (χ3n) is 3.15. The van der Waals surface area contributed by atoms with Crippen LogP contribution in [0.2, 0.25) is 0 Å². The molecule has 0 aliphatic heterocycles. The van der Waals surface area contributed by atoms with Gasteiger partial charge >= 0.3 is 0 Å². The number of hydrogen-bond acceptors (Lipinski definition) is 4. The Morgan fingerprint density at radius 3 is 1.77 bits per heavy atom. The Morgan fingerprint density at radius 2 is 1.55 bits per heavy atom. The van der Waals surface area contributed by atoms with E-state index in [0.717, 1.165) is 11.1 Å². The van der Waals surface area contributed by atoms with Gasteiger partial charge in [-0.25, -0.2) is 5.84 Å². The molecule has 4 nitrogen and oxygen atoms in total. The normalized spacial score (nSPS) is 11.5. The van der Waals surface area contributed by atoms with Crippen molar-refractivity contribution in [1.29, 1.82) is 0 Å². The highest BCUT2D eigenvalue weighted by atomic mass is 32.1. The lowest BCUT2D eigenvalue weighted by atomic mass is 9.80. The van der Waals surface area contributed by atoms with Crippen molar-refractivity contribution >= 4 is 18.5 Å². The van der Waals surface area contributed by atoms with E-state index in [1.54, 1.807) is 0 Å². The highest BCUT2D eigenvalue weighted by Crippen LogP contribution is 2.38. The van der Waals surface area contributed by atoms with Crippen molar-refractivity contribution in [3.63, 3.8) is 0 Å². The predicted octanol–water partition coefficient (Wildman–Crippen LogP) is 3.28. The van der Waals surface area contributed by atoms with Crippen molar-refractivity contribution in [2.75, 3.05) is 5.75 Å². The Hall–Kier alpha value is -1.20. The van der Waals surface area contributed by atoms with Crippen LogP contribution in [0.4, 0.5) is 0 Å². The molecule has 0 fully saturated rings. The molecule has 0 bridgehead atoms. The molecule has 0 radical (unpaired) electrons. The second kappa shape index (κ2) is 8.44.